The lowest BCUT2D eigenvalue weighted by atomic mass is 10.3. The van der Waals surface area contributed by atoms with Gasteiger partial charge in [0.15, 0.2) is 0 Å². The monoisotopic (exact) mass is 230 g/mol. The highest BCUT2D eigenvalue weighted by molar-refractivity contribution is 6.30. The average Bonchev–Trinajstić information content (AvgIpc) is 2.63. The second-order valence-corrected chi connectivity index (χ2v) is 3.39. The van der Waals surface area contributed by atoms with Gasteiger partial charge >= 0.3 is 5.97 Å². The van der Waals surface area contributed by atoms with E-state index in [0.29, 0.717) is 10.7 Å². The first-order valence-corrected chi connectivity index (χ1v) is 4.65. The van der Waals surface area contributed by atoms with Crippen LogP contribution >= 0.6 is 11.6 Å². The fourth-order valence-electron chi connectivity index (χ4n) is 1.01. The Morgan fingerprint density at radius 1 is 1.60 bits per heavy atom. The SMILES string of the molecule is COC(=O)C(C)NC(=O)c1cc(Cl)c[nH]1. The van der Waals surface area contributed by atoms with Gasteiger partial charge in [0.2, 0.25) is 0 Å². The molecule has 0 bridgehead atoms. The van der Waals surface area contributed by atoms with Gasteiger partial charge < -0.3 is 15.0 Å². The molecule has 0 aliphatic carbocycles. The number of hydrogen-bond acceptors (Lipinski definition) is 3. The number of esters is 1. The quantitative estimate of drug-likeness (QED) is 0.760. The van der Waals surface area contributed by atoms with Gasteiger partial charge in [0.1, 0.15) is 11.7 Å². The highest BCUT2D eigenvalue weighted by Gasteiger charge is 2.17. The zero-order chi connectivity index (χ0) is 11.4. The molecule has 0 aliphatic rings. The van der Waals surface area contributed by atoms with E-state index in [1.54, 1.807) is 0 Å². The van der Waals surface area contributed by atoms with Crippen LogP contribution in [0.25, 0.3) is 0 Å². The third-order valence-corrected chi connectivity index (χ3v) is 2.01. The smallest absolute Gasteiger partial charge is 0.328 e. The van der Waals surface area contributed by atoms with Crippen LogP contribution in [0.1, 0.15) is 17.4 Å². The van der Waals surface area contributed by atoms with Crippen molar-refractivity contribution < 1.29 is 14.3 Å². The Balaban J connectivity index is 2.60. The molecule has 0 aromatic carbocycles. The lowest BCUT2D eigenvalue weighted by molar-refractivity contribution is -0.142. The predicted octanol–water partition coefficient (Wildman–Crippen LogP) is 0.959. The van der Waals surface area contributed by atoms with E-state index in [9.17, 15) is 9.59 Å². The van der Waals surface area contributed by atoms with Crippen molar-refractivity contribution in [2.75, 3.05) is 7.11 Å². The number of methoxy groups -OCH3 is 1. The number of carbonyl (C=O) groups excluding carboxylic acids is 2. The summed E-state index contributed by atoms with van der Waals surface area (Å²) in [5.74, 6) is -0.902. The average molecular weight is 231 g/mol. The number of amides is 1. The Morgan fingerprint density at radius 3 is 2.73 bits per heavy atom. The van der Waals surface area contributed by atoms with Gasteiger partial charge in [-0.05, 0) is 13.0 Å². The van der Waals surface area contributed by atoms with Crippen LogP contribution in [0.2, 0.25) is 5.02 Å². The van der Waals surface area contributed by atoms with Crippen LogP contribution < -0.4 is 5.32 Å². The number of H-pyrrole nitrogens is 1. The van der Waals surface area contributed by atoms with Crippen molar-refractivity contribution in [3.05, 3.63) is 23.0 Å². The Kier molecular flexibility index (Phi) is 3.74. The number of nitrogens with one attached hydrogen (secondary N) is 2. The lowest BCUT2D eigenvalue weighted by Crippen LogP contribution is -2.39. The zero-order valence-electron chi connectivity index (χ0n) is 8.33. The third kappa shape index (κ3) is 2.99. The normalized spacial score (nSPS) is 11.9. The molecule has 1 amide bonds. The fraction of sp³-hybridized carbons (Fsp3) is 0.333. The Labute approximate surface area is 91.8 Å². The predicted molar refractivity (Wildman–Crippen MR) is 54.7 cm³/mol. The van der Waals surface area contributed by atoms with Gasteiger partial charge in [-0.2, -0.15) is 0 Å². The molecular formula is C9H11ClN2O3. The van der Waals surface area contributed by atoms with Crippen molar-refractivity contribution in [2.24, 2.45) is 0 Å². The van der Waals surface area contributed by atoms with Crippen molar-refractivity contribution in [3.8, 4) is 0 Å². The summed E-state index contributed by atoms with van der Waals surface area (Å²) in [4.78, 5) is 25.2. The molecule has 0 saturated carbocycles. The van der Waals surface area contributed by atoms with Gasteiger partial charge in [-0.1, -0.05) is 11.6 Å². The maximum absolute atomic E-state index is 11.5. The van der Waals surface area contributed by atoms with Crippen molar-refractivity contribution >= 4 is 23.5 Å². The van der Waals surface area contributed by atoms with E-state index in [1.165, 1.54) is 26.3 Å². The molecule has 5 nitrogen and oxygen atoms in total. The van der Waals surface area contributed by atoms with Gasteiger partial charge in [-0.25, -0.2) is 4.79 Å². The van der Waals surface area contributed by atoms with Crippen LogP contribution in [0.3, 0.4) is 0 Å². The van der Waals surface area contributed by atoms with Gasteiger partial charge in [0, 0.05) is 6.20 Å². The minimum Gasteiger partial charge on any atom is -0.467 e. The summed E-state index contributed by atoms with van der Waals surface area (Å²) >= 11 is 5.63. The summed E-state index contributed by atoms with van der Waals surface area (Å²) in [5, 5.41) is 2.89. The molecule has 2 N–H and O–H groups in total. The van der Waals surface area contributed by atoms with Crippen molar-refractivity contribution in [1.29, 1.82) is 0 Å². The molecular weight excluding hydrogens is 220 g/mol. The van der Waals surface area contributed by atoms with Gasteiger partial charge in [0.25, 0.3) is 5.91 Å². The summed E-state index contributed by atoms with van der Waals surface area (Å²) in [5.41, 5.74) is 0.302. The maximum Gasteiger partial charge on any atom is 0.328 e. The van der Waals surface area contributed by atoms with Gasteiger partial charge in [0.05, 0.1) is 12.1 Å². The second-order valence-electron chi connectivity index (χ2n) is 2.95. The largest absolute Gasteiger partial charge is 0.467 e. The summed E-state index contributed by atoms with van der Waals surface area (Å²) in [6.45, 7) is 1.54. The summed E-state index contributed by atoms with van der Waals surface area (Å²) < 4.78 is 4.46. The molecule has 0 saturated heterocycles. The topological polar surface area (TPSA) is 71.2 Å². The first-order chi connectivity index (χ1) is 7.04. The van der Waals surface area contributed by atoms with Crippen LogP contribution in [0, 0.1) is 0 Å². The van der Waals surface area contributed by atoms with Crippen LogP contribution in [0.4, 0.5) is 0 Å². The van der Waals surface area contributed by atoms with E-state index < -0.39 is 17.9 Å². The van der Waals surface area contributed by atoms with Crippen LogP contribution in [0.5, 0.6) is 0 Å². The van der Waals surface area contributed by atoms with Gasteiger partial charge in [-0.15, -0.1) is 0 Å². The number of rotatable bonds is 3. The van der Waals surface area contributed by atoms with E-state index >= 15 is 0 Å². The molecule has 0 radical (unpaired) electrons. The third-order valence-electron chi connectivity index (χ3n) is 1.79. The molecule has 1 unspecified atom stereocenters. The number of carbonyl (C=O) groups is 2. The lowest BCUT2D eigenvalue weighted by Gasteiger charge is -2.10. The zero-order valence-corrected chi connectivity index (χ0v) is 9.09. The molecule has 82 valence electrons. The fourth-order valence-corrected chi connectivity index (χ4v) is 1.17. The molecule has 0 fully saturated rings. The first kappa shape index (κ1) is 11.6. The molecule has 15 heavy (non-hydrogen) atoms. The highest BCUT2D eigenvalue weighted by atomic mass is 35.5. The van der Waals surface area contributed by atoms with Crippen molar-refractivity contribution in [3.63, 3.8) is 0 Å². The van der Waals surface area contributed by atoms with Crippen molar-refractivity contribution in [1.82, 2.24) is 10.3 Å². The summed E-state index contributed by atoms with van der Waals surface area (Å²) in [7, 11) is 1.26. The molecule has 6 heteroatoms. The highest BCUT2D eigenvalue weighted by Crippen LogP contribution is 2.09. The Hall–Kier alpha value is -1.49. The van der Waals surface area contributed by atoms with E-state index in [4.69, 9.17) is 11.6 Å². The number of halogens is 1. The summed E-state index contributed by atoms with van der Waals surface area (Å²) in [6, 6.07) is 0.783. The van der Waals surface area contributed by atoms with E-state index in [1.807, 2.05) is 0 Å². The van der Waals surface area contributed by atoms with Crippen LogP contribution in [-0.2, 0) is 9.53 Å². The molecule has 0 aliphatic heterocycles. The molecule has 1 heterocycles. The minimum absolute atomic E-state index is 0.302. The number of ether oxygens (including phenoxy) is 1. The first-order valence-electron chi connectivity index (χ1n) is 4.27. The second kappa shape index (κ2) is 4.84. The van der Waals surface area contributed by atoms with E-state index in [-0.39, 0.29) is 0 Å². The summed E-state index contributed by atoms with van der Waals surface area (Å²) in [6.07, 6.45) is 1.49. The molecule has 1 atom stereocenters. The number of aromatic amines is 1. The number of hydrogen-bond donors (Lipinski definition) is 2. The number of aromatic nitrogens is 1. The van der Waals surface area contributed by atoms with Gasteiger partial charge in [-0.3, -0.25) is 4.79 Å². The Bertz CT molecular complexity index is 375. The molecule has 1 aromatic heterocycles. The molecule has 0 spiro atoms. The Morgan fingerprint density at radius 2 is 2.27 bits per heavy atom. The molecule has 1 aromatic rings. The van der Waals surface area contributed by atoms with E-state index in [0.717, 1.165) is 0 Å². The van der Waals surface area contributed by atoms with Crippen LogP contribution in [-0.4, -0.2) is 30.0 Å². The standard InChI is InChI=1S/C9H11ClN2O3/c1-5(9(14)15-2)12-8(13)7-3-6(10)4-11-7/h3-5,11H,1-2H3,(H,12,13). The van der Waals surface area contributed by atoms with Crippen LogP contribution in [0.15, 0.2) is 12.3 Å². The molecule has 1 rings (SSSR count). The van der Waals surface area contributed by atoms with E-state index in [2.05, 4.69) is 15.0 Å². The maximum atomic E-state index is 11.5. The van der Waals surface area contributed by atoms with Crippen molar-refractivity contribution in [2.45, 2.75) is 13.0 Å². The minimum atomic E-state index is -0.690.